The van der Waals surface area contributed by atoms with E-state index >= 15 is 0 Å². The van der Waals surface area contributed by atoms with Gasteiger partial charge in [0, 0.05) is 24.2 Å². The summed E-state index contributed by atoms with van der Waals surface area (Å²) in [5, 5.41) is 4.30. The molecule has 1 aliphatic heterocycles. The molecule has 6 nitrogen and oxygen atoms in total. The Kier molecular flexibility index (Phi) is 5.42. The number of anilines is 2. The van der Waals surface area contributed by atoms with Crippen LogP contribution in [-0.4, -0.2) is 42.0 Å². The zero-order valence-corrected chi connectivity index (χ0v) is 16.4. The van der Waals surface area contributed by atoms with Gasteiger partial charge >= 0.3 is 5.97 Å². The highest BCUT2D eigenvalue weighted by molar-refractivity contribution is 6.00. The van der Waals surface area contributed by atoms with Crippen LogP contribution in [0.3, 0.4) is 0 Å². The van der Waals surface area contributed by atoms with Crippen molar-refractivity contribution in [2.75, 3.05) is 25.5 Å². The van der Waals surface area contributed by atoms with E-state index in [2.05, 4.69) is 10.3 Å². The van der Waals surface area contributed by atoms with Gasteiger partial charge in [0.25, 0.3) is 5.91 Å². The number of amides is 1. The molecule has 0 spiro atoms. The van der Waals surface area contributed by atoms with E-state index < -0.39 is 0 Å². The van der Waals surface area contributed by atoms with Gasteiger partial charge < -0.3 is 15.0 Å². The second-order valence-corrected chi connectivity index (χ2v) is 7.12. The molecule has 1 aliphatic rings. The average molecular weight is 389 g/mol. The molecule has 1 saturated heterocycles. The van der Waals surface area contributed by atoms with Crippen molar-refractivity contribution in [1.29, 1.82) is 0 Å². The third kappa shape index (κ3) is 4.06. The normalized spacial score (nSPS) is 13.9. The Hall–Kier alpha value is -3.41. The first-order chi connectivity index (χ1) is 14.2. The molecule has 0 atom stereocenters. The lowest BCUT2D eigenvalue weighted by molar-refractivity contribution is 0.0600. The van der Waals surface area contributed by atoms with Crippen LogP contribution < -0.4 is 5.32 Å². The third-order valence-electron chi connectivity index (χ3n) is 5.16. The molecule has 1 fully saturated rings. The number of piperidine rings is 1. The van der Waals surface area contributed by atoms with Gasteiger partial charge in [0.1, 0.15) is 5.69 Å². The Bertz CT molecular complexity index is 1040. The number of nitrogens with one attached hydrogen (secondary N) is 1. The molecule has 148 valence electrons. The van der Waals surface area contributed by atoms with E-state index in [0.29, 0.717) is 11.3 Å². The van der Waals surface area contributed by atoms with E-state index in [4.69, 9.17) is 4.74 Å². The quantitative estimate of drug-likeness (QED) is 0.670. The van der Waals surface area contributed by atoms with Gasteiger partial charge in [0.15, 0.2) is 0 Å². The number of hydrogen-bond acceptors (Lipinski definition) is 5. The topological polar surface area (TPSA) is 71.5 Å². The summed E-state index contributed by atoms with van der Waals surface area (Å²) in [6.07, 6.45) is 3.25. The number of hydrogen-bond donors (Lipinski definition) is 1. The molecule has 1 amide bonds. The van der Waals surface area contributed by atoms with Crippen LogP contribution in [0.15, 0.2) is 54.6 Å². The molecule has 2 aromatic carbocycles. The number of methoxy groups -OCH3 is 1. The number of likely N-dealkylation sites (tertiary alicyclic amines) is 1. The smallest absolute Gasteiger partial charge is 0.337 e. The molecule has 4 rings (SSSR count). The molecule has 0 bridgehead atoms. The van der Waals surface area contributed by atoms with Gasteiger partial charge in [-0.1, -0.05) is 18.2 Å². The third-order valence-corrected chi connectivity index (χ3v) is 5.16. The standard InChI is InChI=1S/C23H23N3O3/c1-29-23(28)16-9-11-17(12-10-16)24-20-15-21(22(27)26-13-5-2-6-14-26)25-19-8-4-3-7-18(19)20/h3-4,7-12,15H,2,5-6,13-14H2,1H3,(H,24,25). The maximum Gasteiger partial charge on any atom is 0.337 e. The van der Waals surface area contributed by atoms with Crippen LogP contribution in [0, 0.1) is 0 Å². The molecule has 3 aromatic rings. The Morgan fingerprint density at radius 1 is 1.00 bits per heavy atom. The number of esters is 1. The Balaban J connectivity index is 1.67. The largest absolute Gasteiger partial charge is 0.465 e. The first-order valence-electron chi connectivity index (χ1n) is 9.80. The fourth-order valence-corrected chi connectivity index (χ4v) is 3.61. The fraction of sp³-hybridized carbons (Fsp3) is 0.261. The van der Waals surface area contributed by atoms with Crippen molar-refractivity contribution < 1.29 is 14.3 Å². The fourth-order valence-electron chi connectivity index (χ4n) is 3.61. The number of fused-ring (bicyclic) bond motifs is 1. The van der Waals surface area contributed by atoms with E-state index in [1.807, 2.05) is 47.4 Å². The number of pyridine rings is 1. The van der Waals surface area contributed by atoms with Crippen LogP contribution >= 0.6 is 0 Å². The second-order valence-electron chi connectivity index (χ2n) is 7.12. The minimum absolute atomic E-state index is 0.0282. The molecule has 0 unspecified atom stereocenters. The predicted octanol–water partition coefficient (Wildman–Crippen LogP) is 4.39. The molecule has 6 heteroatoms. The summed E-state index contributed by atoms with van der Waals surface area (Å²) in [7, 11) is 1.36. The summed E-state index contributed by atoms with van der Waals surface area (Å²) in [5.74, 6) is -0.403. The maximum atomic E-state index is 13.0. The number of benzene rings is 2. The summed E-state index contributed by atoms with van der Waals surface area (Å²) in [4.78, 5) is 31.1. The Morgan fingerprint density at radius 3 is 2.45 bits per heavy atom. The van der Waals surface area contributed by atoms with Gasteiger partial charge in [-0.25, -0.2) is 9.78 Å². The molecule has 0 aliphatic carbocycles. The highest BCUT2D eigenvalue weighted by atomic mass is 16.5. The number of para-hydroxylation sites is 1. The number of aromatic nitrogens is 1. The molecule has 29 heavy (non-hydrogen) atoms. The highest BCUT2D eigenvalue weighted by Gasteiger charge is 2.20. The minimum Gasteiger partial charge on any atom is -0.465 e. The minimum atomic E-state index is -0.375. The van der Waals surface area contributed by atoms with Crippen LogP contribution in [0.4, 0.5) is 11.4 Å². The molecule has 1 aromatic heterocycles. The lowest BCUT2D eigenvalue weighted by Gasteiger charge is -2.26. The van der Waals surface area contributed by atoms with Crippen LogP contribution in [0.5, 0.6) is 0 Å². The van der Waals surface area contributed by atoms with E-state index in [0.717, 1.165) is 48.2 Å². The van der Waals surface area contributed by atoms with Crippen molar-refractivity contribution in [3.05, 3.63) is 65.9 Å². The van der Waals surface area contributed by atoms with Crippen LogP contribution in [0.2, 0.25) is 0 Å². The van der Waals surface area contributed by atoms with Crippen molar-refractivity contribution >= 4 is 34.2 Å². The monoisotopic (exact) mass is 389 g/mol. The van der Waals surface area contributed by atoms with Gasteiger partial charge in [-0.2, -0.15) is 0 Å². The number of ether oxygens (including phenoxy) is 1. The van der Waals surface area contributed by atoms with Gasteiger partial charge in [-0.05, 0) is 55.7 Å². The molecular weight excluding hydrogens is 366 g/mol. The average Bonchev–Trinajstić information content (AvgIpc) is 2.79. The van der Waals surface area contributed by atoms with Crippen molar-refractivity contribution in [3.63, 3.8) is 0 Å². The summed E-state index contributed by atoms with van der Waals surface area (Å²) in [6.45, 7) is 1.57. The van der Waals surface area contributed by atoms with E-state index in [1.54, 1.807) is 12.1 Å². The predicted molar refractivity (Wildman–Crippen MR) is 113 cm³/mol. The Labute approximate surface area is 169 Å². The first-order valence-corrected chi connectivity index (χ1v) is 9.80. The molecular formula is C23H23N3O3. The first kappa shape index (κ1) is 18.9. The summed E-state index contributed by atoms with van der Waals surface area (Å²) in [5.41, 5.74) is 3.31. The van der Waals surface area contributed by atoms with E-state index in [9.17, 15) is 9.59 Å². The number of carbonyl (C=O) groups excluding carboxylic acids is 2. The number of carbonyl (C=O) groups is 2. The van der Waals surface area contributed by atoms with Crippen molar-refractivity contribution in [1.82, 2.24) is 9.88 Å². The molecule has 2 heterocycles. The maximum absolute atomic E-state index is 13.0. The lowest BCUT2D eigenvalue weighted by atomic mass is 10.1. The van der Waals surface area contributed by atoms with Crippen molar-refractivity contribution in [2.45, 2.75) is 19.3 Å². The van der Waals surface area contributed by atoms with Crippen LogP contribution in [0.1, 0.15) is 40.1 Å². The van der Waals surface area contributed by atoms with Crippen molar-refractivity contribution in [2.24, 2.45) is 0 Å². The molecule has 0 saturated carbocycles. The van der Waals surface area contributed by atoms with Crippen LogP contribution in [0.25, 0.3) is 10.9 Å². The van der Waals surface area contributed by atoms with Crippen LogP contribution in [-0.2, 0) is 4.74 Å². The van der Waals surface area contributed by atoms with Gasteiger partial charge in [-0.15, -0.1) is 0 Å². The van der Waals surface area contributed by atoms with Gasteiger partial charge in [0.05, 0.1) is 23.9 Å². The SMILES string of the molecule is COC(=O)c1ccc(Nc2cc(C(=O)N3CCCCC3)nc3ccccc23)cc1. The highest BCUT2D eigenvalue weighted by Crippen LogP contribution is 2.27. The summed E-state index contributed by atoms with van der Waals surface area (Å²) in [6, 6.07) is 16.6. The Morgan fingerprint density at radius 2 is 1.72 bits per heavy atom. The number of rotatable bonds is 4. The van der Waals surface area contributed by atoms with Gasteiger partial charge in [-0.3, -0.25) is 4.79 Å². The van der Waals surface area contributed by atoms with Crippen molar-refractivity contribution in [3.8, 4) is 0 Å². The summed E-state index contributed by atoms with van der Waals surface area (Å²) >= 11 is 0. The van der Waals surface area contributed by atoms with E-state index in [-0.39, 0.29) is 11.9 Å². The second kappa shape index (κ2) is 8.31. The zero-order chi connectivity index (χ0) is 20.2. The number of nitrogens with zero attached hydrogens (tertiary/aromatic N) is 2. The lowest BCUT2D eigenvalue weighted by Crippen LogP contribution is -2.36. The van der Waals surface area contributed by atoms with E-state index in [1.165, 1.54) is 13.5 Å². The summed E-state index contributed by atoms with van der Waals surface area (Å²) < 4.78 is 4.74. The molecule has 1 N–H and O–H groups in total. The molecule has 0 radical (unpaired) electrons. The zero-order valence-electron chi connectivity index (χ0n) is 16.4. The van der Waals surface area contributed by atoms with Gasteiger partial charge in [0.2, 0.25) is 0 Å².